The van der Waals surface area contributed by atoms with Gasteiger partial charge in [0.15, 0.2) is 5.69 Å². The topological polar surface area (TPSA) is 96.0 Å². The summed E-state index contributed by atoms with van der Waals surface area (Å²) < 4.78 is 1.57. The van der Waals surface area contributed by atoms with Crippen LogP contribution in [0.1, 0.15) is 12.0 Å². The van der Waals surface area contributed by atoms with Crippen molar-refractivity contribution in [1.82, 2.24) is 9.88 Å². The molecule has 27 heavy (non-hydrogen) atoms. The van der Waals surface area contributed by atoms with Crippen molar-refractivity contribution in [3.8, 4) is 5.88 Å². The van der Waals surface area contributed by atoms with E-state index in [1.807, 2.05) is 48.5 Å². The molecule has 0 saturated carbocycles. The average molecular weight is 364 g/mol. The Kier molecular flexibility index (Phi) is 5.61. The number of rotatable bonds is 6. The second kappa shape index (κ2) is 8.27. The molecule has 0 spiro atoms. The number of hydrogen-bond acceptors (Lipinski definition) is 4. The van der Waals surface area contributed by atoms with E-state index in [1.54, 1.807) is 17.7 Å². The standard InChI is InChI=1S/C20H20N4O3/c1-24-16-10-6-5-9-15(16)19(20(24)27)23-22-18(26)13-21-17(25)12-11-14-7-3-2-4-8-14/h2-10,27H,11-13H2,1H3,(H,21,25). The third-order valence-corrected chi connectivity index (χ3v) is 4.23. The lowest BCUT2D eigenvalue weighted by Gasteiger charge is -2.02. The largest absolute Gasteiger partial charge is 0.493 e. The van der Waals surface area contributed by atoms with Crippen LogP contribution in [-0.2, 0) is 23.1 Å². The lowest BCUT2D eigenvalue weighted by atomic mass is 10.1. The normalized spacial score (nSPS) is 11.1. The number of nitrogens with zero attached hydrogens (tertiary/aromatic N) is 3. The van der Waals surface area contributed by atoms with Gasteiger partial charge in [0.2, 0.25) is 11.8 Å². The first-order valence-electron chi connectivity index (χ1n) is 8.58. The van der Waals surface area contributed by atoms with Crippen molar-refractivity contribution in [2.45, 2.75) is 12.8 Å². The Bertz CT molecular complexity index is 993. The minimum absolute atomic E-state index is 0.0698. The maximum Gasteiger partial charge on any atom is 0.283 e. The van der Waals surface area contributed by atoms with Gasteiger partial charge in [-0.05, 0) is 18.1 Å². The molecule has 3 rings (SSSR count). The number of azo groups is 1. The number of aromatic nitrogens is 1. The number of carbonyl (C=O) groups is 2. The molecule has 1 heterocycles. The molecular weight excluding hydrogens is 344 g/mol. The summed E-state index contributed by atoms with van der Waals surface area (Å²) in [6, 6.07) is 16.9. The molecule has 0 radical (unpaired) electrons. The van der Waals surface area contributed by atoms with Crippen molar-refractivity contribution < 1.29 is 14.7 Å². The van der Waals surface area contributed by atoms with E-state index in [9.17, 15) is 14.7 Å². The van der Waals surface area contributed by atoms with Gasteiger partial charge in [0.1, 0.15) is 6.54 Å². The van der Waals surface area contributed by atoms with Crippen molar-refractivity contribution in [3.63, 3.8) is 0 Å². The Morgan fingerprint density at radius 3 is 2.56 bits per heavy atom. The summed E-state index contributed by atoms with van der Waals surface area (Å²) in [4.78, 5) is 23.7. The number of carbonyl (C=O) groups excluding carboxylic acids is 2. The monoisotopic (exact) mass is 364 g/mol. The number of aromatic hydroxyl groups is 1. The summed E-state index contributed by atoms with van der Waals surface area (Å²) in [5.74, 6) is -0.884. The van der Waals surface area contributed by atoms with Gasteiger partial charge in [-0.2, -0.15) is 0 Å². The van der Waals surface area contributed by atoms with E-state index in [1.165, 1.54) is 0 Å². The van der Waals surface area contributed by atoms with Crippen LogP contribution < -0.4 is 5.32 Å². The van der Waals surface area contributed by atoms with Crippen LogP contribution in [-0.4, -0.2) is 28.0 Å². The highest BCUT2D eigenvalue weighted by molar-refractivity contribution is 5.95. The Morgan fingerprint density at radius 1 is 1.07 bits per heavy atom. The molecule has 0 aliphatic rings. The Morgan fingerprint density at radius 2 is 1.78 bits per heavy atom. The fourth-order valence-electron chi connectivity index (χ4n) is 2.76. The van der Waals surface area contributed by atoms with Crippen LogP contribution in [0.2, 0.25) is 0 Å². The molecule has 3 aromatic rings. The first-order chi connectivity index (χ1) is 13.1. The van der Waals surface area contributed by atoms with Gasteiger partial charge >= 0.3 is 0 Å². The summed E-state index contributed by atoms with van der Waals surface area (Å²) >= 11 is 0. The first-order valence-corrected chi connectivity index (χ1v) is 8.58. The maximum absolute atomic E-state index is 11.9. The summed E-state index contributed by atoms with van der Waals surface area (Å²) in [6.07, 6.45) is 0.894. The first kappa shape index (κ1) is 18.3. The summed E-state index contributed by atoms with van der Waals surface area (Å²) in [7, 11) is 1.70. The van der Waals surface area contributed by atoms with Gasteiger partial charge < -0.3 is 15.0 Å². The van der Waals surface area contributed by atoms with Crippen molar-refractivity contribution in [2.75, 3.05) is 6.54 Å². The summed E-state index contributed by atoms with van der Waals surface area (Å²) in [6.45, 7) is -0.233. The van der Waals surface area contributed by atoms with Gasteiger partial charge in [-0.1, -0.05) is 48.5 Å². The molecule has 0 fully saturated rings. The maximum atomic E-state index is 11.9. The SMILES string of the molecule is Cn1c(O)c(N=NC(=O)CNC(=O)CCc2ccccc2)c2ccccc21. The Labute approximate surface area is 156 Å². The smallest absolute Gasteiger partial charge is 0.283 e. The zero-order valence-corrected chi connectivity index (χ0v) is 14.9. The minimum Gasteiger partial charge on any atom is -0.493 e. The molecule has 138 valence electrons. The van der Waals surface area contributed by atoms with Crippen molar-refractivity contribution in [2.24, 2.45) is 17.3 Å². The van der Waals surface area contributed by atoms with Crippen LogP contribution in [0.25, 0.3) is 10.9 Å². The second-order valence-electron chi connectivity index (χ2n) is 6.10. The van der Waals surface area contributed by atoms with Gasteiger partial charge in [0, 0.05) is 18.9 Å². The van der Waals surface area contributed by atoms with E-state index in [0.717, 1.165) is 11.1 Å². The van der Waals surface area contributed by atoms with Crippen LogP contribution >= 0.6 is 0 Å². The third kappa shape index (κ3) is 4.38. The van der Waals surface area contributed by atoms with Gasteiger partial charge in [-0.3, -0.25) is 9.59 Å². The highest BCUT2D eigenvalue weighted by atomic mass is 16.3. The average Bonchev–Trinajstić information content (AvgIpc) is 2.94. The second-order valence-corrected chi connectivity index (χ2v) is 6.10. The van der Waals surface area contributed by atoms with Gasteiger partial charge in [-0.25, -0.2) is 0 Å². The number of nitrogens with one attached hydrogen (secondary N) is 1. The van der Waals surface area contributed by atoms with E-state index >= 15 is 0 Å². The van der Waals surface area contributed by atoms with E-state index < -0.39 is 5.91 Å². The lowest BCUT2D eigenvalue weighted by Crippen LogP contribution is -2.28. The van der Waals surface area contributed by atoms with Crippen LogP contribution in [0.3, 0.4) is 0 Å². The van der Waals surface area contributed by atoms with Gasteiger partial charge in [-0.15, -0.1) is 10.2 Å². The molecule has 0 aliphatic heterocycles. The molecule has 2 amide bonds. The number of para-hydroxylation sites is 1. The fourth-order valence-corrected chi connectivity index (χ4v) is 2.76. The van der Waals surface area contributed by atoms with Crippen molar-refractivity contribution >= 4 is 28.4 Å². The number of amides is 2. The molecule has 0 saturated heterocycles. The molecule has 1 aromatic heterocycles. The van der Waals surface area contributed by atoms with Crippen LogP contribution in [0.4, 0.5) is 5.69 Å². The van der Waals surface area contributed by atoms with E-state index in [2.05, 4.69) is 15.5 Å². The molecule has 7 heteroatoms. The molecule has 0 unspecified atom stereocenters. The van der Waals surface area contributed by atoms with Gasteiger partial charge in [0.25, 0.3) is 5.91 Å². The van der Waals surface area contributed by atoms with Gasteiger partial charge in [0.05, 0.1) is 5.52 Å². The molecular formula is C20H20N4O3. The van der Waals surface area contributed by atoms with E-state index in [4.69, 9.17) is 0 Å². The molecule has 0 atom stereocenters. The Hall–Kier alpha value is -3.48. The molecule has 0 aliphatic carbocycles. The van der Waals surface area contributed by atoms with Crippen LogP contribution in [0.5, 0.6) is 5.88 Å². The summed E-state index contributed by atoms with van der Waals surface area (Å²) in [5.41, 5.74) is 2.08. The molecule has 7 nitrogen and oxygen atoms in total. The predicted molar refractivity (Wildman–Crippen MR) is 102 cm³/mol. The zero-order chi connectivity index (χ0) is 19.2. The highest BCUT2D eigenvalue weighted by Crippen LogP contribution is 2.37. The third-order valence-electron chi connectivity index (χ3n) is 4.23. The fraction of sp³-hybridized carbons (Fsp3) is 0.200. The van der Waals surface area contributed by atoms with E-state index in [0.29, 0.717) is 18.2 Å². The van der Waals surface area contributed by atoms with Crippen molar-refractivity contribution in [3.05, 3.63) is 60.2 Å². The lowest BCUT2D eigenvalue weighted by molar-refractivity contribution is -0.124. The Balaban J connectivity index is 1.55. The number of hydrogen-bond donors (Lipinski definition) is 2. The van der Waals surface area contributed by atoms with Crippen LogP contribution in [0.15, 0.2) is 64.8 Å². The van der Waals surface area contributed by atoms with E-state index in [-0.39, 0.29) is 24.0 Å². The predicted octanol–water partition coefficient (Wildman–Crippen LogP) is 3.24. The summed E-state index contributed by atoms with van der Waals surface area (Å²) in [5, 5.41) is 20.9. The zero-order valence-electron chi connectivity index (χ0n) is 14.9. The highest BCUT2D eigenvalue weighted by Gasteiger charge is 2.14. The molecule has 2 N–H and O–H groups in total. The number of benzene rings is 2. The minimum atomic E-state index is -0.588. The van der Waals surface area contributed by atoms with Crippen LogP contribution in [0, 0.1) is 0 Å². The number of aryl methyl sites for hydroxylation is 2. The molecule has 0 bridgehead atoms. The quantitative estimate of drug-likeness (QED) is 0.657. The van der Waals surface area contributed by atoms with Crippen molar-refractivity contribution in [1.29, 1.82) is 0 Å². The number of fused-ring (bicyclic) bond motifs is 1. The molecule has 2 aromatic carbocycles.